The Labute approximate surface area is 137 Å². The van der Waals surface area contributed by atoms with Gasteiger partial charge in [-0.25, -0.2) is 9.97 Å². The summed E-state index contributed by atoms with van der Waals surface area (Å²) in [6, 6.07) is 3.49. The van der Waals surface area contributed by atoms with Crippen molar-refractivity contribution in [3.05, 3.63) is 23.3 Å². The van der Waals surface area contributed by atoms with Gasteiger partial charge in [-0.05, 0) is 45.3 Å². The lowest BCUT2D eigenvalue weighted by molar-refractivity contribution is 0.398. The highest BCUT2D eigenvalue weighted by molar-refractivity contribution is 7.90. The van der Waals surface area contributed by atoms with Crippen LogP contribution in [0, 0.1) is 0 Å². The Morgan fingerprint density at radius 1 is 1.41 bits per heavy atom. The van der Waals surface area contributed by atoms with Crippen LogP contribution in [-0.2, 0) is 11.4 Å². The molecule has 2 rings (SSSR count). The fourth-order valence-electron chi connectivity index (χ4n) is 1.58. The van der Waals surface area contributed by atoms with E-state index < -0.39 is 11.4 Å². The topological polar surface area (TPSA) is 83.0 Å². The molecule has 0 amide bonds. The molecule has 0 fully saturated rings. The summed E-state index contributed by atoms with van der Waals surface area (Å²) < 4.78 is 24.4. The molecule has 120 valence electrons. The van der Waals surface area contributed by atoms with Crippen LogP contribution in [-0.4, -0.2) is 30.8 Å². The third kappa shape index (κ3) is 4.16. The first-order chi connectivity index (χ1) is 10.3. The first kappa shape index (κ1) is 17.1. The largest absolute Gasteiger partial charge is 0.598 e. The van der Waals surface area contributed by atoms with Crippen molar-refractivity contribution in [2.75, 3.05) is 7.11 Å². The van der Waals surface area contributed by atoms with Gasteiger partial charge in [0.25, 0.3) is 0 Å². The van der Waals surface area contributed by atoms with E-state index in [9.17, 15) is 4.55 Å². The summed E-state index contributed by atoms with van der Waals surface area (Å²) in [5, 5.41) is 0.795. The molecule has 2 heterocycles. The zero-order valence-electron chi connectivity index (χ0n) is 13.3. The molecule has 2 atom stereocenters. The highest BCUT2D eigenvalue weighted by atomic mass is 32.2. The minimum atomic E-state index is -1.15. The van der Waals surface area contributed by atoms with Crippen molar-refractivity contribution < 1.29 is 9.29 Å². The van der Waals surface area contributed by atoms with Gasteiger partial charge < -0.3 is 9.29 Å². The van der Waals surface area contributed by atoms with Crippen LogP contribution in [0.25, 0.3) is 11.4 Å². The van der Waals surface area contributed by atoms with E-state index >= 15 is 0 Å². The molecule has 0 aromatic carbocycles. The van der Waals surface area contributed by atoms with Crippen molar-refractivity contribution in [3.8, 4) is 17.3 Å². The summed E-state index contributed by atoms with van der Waals surface area (Å²) in [6.45, 7) is 7.72. The molecule has 0 saturated heterocycles. The third-order valence-corrected chi connectivity index (χ3v) is 5.43. The van der Waals surface area contributed by atoms with Gasteiger partial charge in [0.1, 0.15) is 15.8 Å². The van der Waals surface area contributed by atoms with Gasteiger partial charge in [0.2, 0.25) is 5.88 Å². The van der Waals surface area contributed by atoms with E-state index in [2.05, 4.69) is 19.1 Å². The first-order valence-corrected chi connectivity index (χ1v) is 8.75. The quantitative estimate of drug-likeness (QED) is 0.843. The van der Waals surface area contributed by atoms with Gasteiger partial charge in [0.15, 0.2) is 5.82 Å². The van der Waals surface area contributed by atoms with Crippen molar-refractivity contribution >= 4 is 22.9 Å². The minimum Gasteiger partial charge on any atom is -0.598 e. The maximum absolute atomic E-state index is 12.1. The fourth-order valence-corrected chi connectivity index (χ4v) is 3.11. The van der Waals surface area contributed by atoms with Crippen LogP contribution in [0.2, 0.25) is 0 Å². The van der Waals surface area contributed by atoms with Crippen LogP contribution in [0.5, 0.6) is 5.88 Å². The Hall–Kier alpha value is -1.22. The first-order valence-electron chi connectivity index (χ1n) is 6.83. The Bertz CT molecular complexity index is 627. The van der Waals surface area contributed by atoms with Crippen LogP contribution < -0.4 is 9.46 Å². The molecular weight excluding hydrogens is 320 g/mol. The molecule has 1 N–H and O–H groups in total. The Morgan fingerprint density at radius 3 is 2.77 bits per heavy atom. The van der Waals surface area contributed by atoms with Crippen LogP contribution in [0.1, 0.15) is 38.7 Å². The third-order valence-electron chi connectivity index (χ3n) is 2.85. The highest BCUT2D eigenvalue weighted by Crippen LogP contribution is 2.25. The highest BCUT2D eigenvalue weighted by Gasteiger charge is 2.29. The number of ether oxygens (including phenoxy) is 1. The number of methoxy groups -OCH3 is 1. The molecule has 2 aromatic heterocycles. The van der Waals surface area contributed by atoms with Gasteiger partial charge in [-0.3, -0.25) is 0 Å². The predicted molar refractivity (Wildman–Crippen MR) is 89.1 cm³/mol. The van der Waals surface area contributed by atoms with Gasteiger partial charge >= 0.3 is 0 Å². The molecular formula is C14H20N4O2S2. The van der Waals surface area contributed by atoms with Crippen molar-refractivity contribution in [1.29, 1.82) is 0 Å². The monoisotopic (exact) mass is 340 g/mol. The molecule has 8 heteroatoms. The van der Waals surface area contributed by atoms with Crippen LogP contribution >= 0.6 is 11.5 Å². The van der Waals surface area contributed by atoms with E-state index in [0.717, 1.165) is 10.6 Å². The number of rotatable bonds is 5. The van der Waals surface area contributed by atoms with E-state index in [0.29, 0.717) is 11.7 Å². The number of aromatic nitrogens is 3. The normalized spacial score (nSPS) is 14.6. The van der Waals surface area contributed by atoms with Crippen molar-refractivity contribution in [2.45, 2.75) is 38.5 Å². The van der Waals surface area contributed by atoms with E-state index in [1.807, 2.05) is 33.8 Å². The lowest BCUT2D eigenvalue weighted by Crippen LogP contribution is -2.40. The molecule has 0 aliphatic heterocycles. The van der Waals surface area contributed by atoms with E-state index in [4.69, 9.17) is 4.74 Å². The van der Waals surface area contributed by atoms with Crippen LogP contribution in [0.4, 0.5) is 0 Å². The number of nitrogens with zero attached hydrogens (tertiary/aromatic N) is 3. The van der Waals surface area contributed by atoms with E-state index in [1.54, 1.807) is 19.4 Å². The average molecular weight is 340 g/mol. The second-order valence-electron chi connectivity index (χ2n) is 5.76. The second-order valence-corrected chi connectivity index (χ2v) is 8.55. The molecule has 22 heavy (non-hydrogen) atoms. The lowest BCUT2D eigenvalue weighted by atomic mass is 10.2. The SMILES string of the molecule is COc1cc(-c2nsc([C@@H](C)N[S+]([O-])C(C)(C)C)n2)ccn1. The minimum absolute atomic E-state index is 0.130. The maximum Gasteiger partial charge on any atom is 0.213 e. The van der Waals surface area contributed by atoms with Gasteiger partial charge in [-0.1, -0.05) is 0 Å². The average Bonchev–Trinajstić information content (AvgIpc) is 2.96. The lowest BCUT2D eigenvalue weighted by Gasteiger charge is -2.25. The zero-order chi connectivity index (χ0) is 16.3. The number of pyridine rings is 1. The number of hydrogen-bond acceptors (Lipinski definition) is 7. The van der Waals surface area contributed by atoms with Gasteiger partial charge in [0, 0.05) is 29.2 Å². The molecule has 0 spiro atoms. The molecule has 0 aliphatic rings. The van der Waals surface area contributed by atoms with E-state index in [-0.39, 0.29) is 10.8 Å². The van der Waals surface area contributed by atoms with Gasteiger partial charge in [-0.2, -0.15) is 4.37 Å². The Kier molecular flexibility index (Phi) is 5.38. The summed E-state index contributed by atoms with van der Waals surface area (Å²) in [4.78, 5) is 8.58. The number of hydrogen-bond donors (Lipinski definition) is 1. The molecule has 0 saturated carbocycles. The van der Waals surface area contributed by atoms with Crippen molar-refractivity contribution in [2.24, 2.45) is 0 Å². The fraction of sp³-hybridized carbons (Fsp3) is 0.500. The Balaban J connectivity index is 2.13. The molecule has 2 aromatic rings. The molecule has 0 bridgehead atoms. The van der Waals surface area contributed by atoms with E-state index in [1.165, 1.54) is 11.5 Å². The molecule has 6 nitrogen and oxygen atoms in total. The summed E-state index contributed by atoms with van der Waals surface area (Å²) in [5.74, 6) is 1.14. The smallest absolute Gasteiger partial charge is 0.213 e. The van der Waals surface area contributed by atoms with Crippen LogP contribution in [0.3, 0.4) is 0 Å². The maximum atomic E-state index is 12.1. The number of nitrogens with one attached hydrogen (secondary N) is 1. The van der Waals surface area contributed by atoms with Crippen LogP contribution in [0.15, 0.2) is 18.3 Å². The predicted octanol–water partition coefficient (Wildman–Crippen LogP) is 2.72. The second kappa shape index (κ2) is 6.91. The molecule has 1 unspecified atom stereocenters. The van der Waals surface area contributed by atoms with Crippen molar-refractivity contribution in [3.63, 3.8) is 0 Å². The summed E-state index contributed by atoms with van der Waals surface area (Å²) in [6.07, 6.45) is 1.66. The van der Waals surface area contributed by atoms with Gasteiger partial charge in [0.05, 0.1) is 7.11 Å². The molecule has 0 radical (unpaired) electrons. The standard InChI is InChI=1S/C14H20N4O2S2/c1-9(18-22(19)14(2,3)4)13-16-12(17-21-13)10-6-7-15-11(8-10)20-5/h6-9,18H,1-5H3/t9-,22?/m1/s1. The summed E-state index contributed by atoms with van der Waals surface area (Å²) in [5.41, 5.74) is 0.846. The summed E-state index contributed by atoms with van der Waals surface area (Å²) in [7, 11) is 1.57. The molecule has 0 aliphatic carbocycles. The van der Waals surface area contributed by atoms with Gasteiger partial charge in [-0.15, -0.1) is 4.72 Å². The summed E-state index contributed by atoms with van der Waals surface area (Å²) >= 11 is 0.150. The van der Waals surface area contributed by atoms with Crippen molar-refractivity contribution in [1.82, 2.24) is 19.1 Å². The zero-order valence-corrected chi connectivity index (χ0v) is 14.9. The Morgan fingerprint density at radius 2 is 2.14 bits per heavy atom.